The van der Waals surface area contributed by atoms with Crippen molar-refractivity contribution in [1.29, 1.82) is 0 Å². The summed E-state index contributed by atoms with van der Waals surface area (Å²) in [6.45, 7) is 4.14. The molecule has 0 saturated heterocycles. The molecule has 0 aromatic carbocycles. The van der Waals surface area contributed by atoms with Crippen LogP contribution in [0, 0.1) is 11.8 Å². The summed E-state index contributed by atoms with van der Waals surface area (Å²) in [5.74, 6) is 2.07. The SMILES string of the molecule is CC1CCCC1CNCC(O)COc1cnsn1. The normalized spacial score (nSPS) is 25.2. The van der Waals surface area contributed by atoms with Gasteiger partial charge < -0.3 is 15.2 Å². The van der Waals surface area contributed by atoms with Gasteiger partial charge in [0.05, 0.1) is 11.7 Å². The van der Waals surface area contributed by atoms with Crippen molar-refractivity contribution in [2.75, 3.05) is 19.7 Å². The topological polar surface area (TPSA) is 67.3 Å². The van der Waals surface area contributed by atoms with Crippen LogP contribution in [0.5, 0.6) is 5.88 Å². The number of nitrogens with one attached hydrogen (secondary N) is 1. The van der Waals surface area contributed by atoms with Crippen molar-refractivity contribution in [2.45, 2.75) is 32.3 Å². The van der Waals surface area contributed by atoms with E-state index in [1.807, 2.05) is 0 Å². The molecule has 0 radical (unpaired) electrons. The summed E-state index contributed by atoms with van der Waals surface area (Å²) in [4.78, 5) is 0. The van der Waals surface area contributed by atoms with Crippen molar-refractivity contribution < 1.29 is 9.84 Å². The number of hydrogen-bond acceptors (Lipinski definition) is 6. The zero-order chi connectivity index (χ0) is 12.8. The van der Waals surface area contributed by atoms with E-state index in [2.05, 4.69) is 21.0 Å². The molecule has 0 amide bonds. The molecule has 6 heteroatoms. The number of nitrogens with zero attached hydrogens (tertiary/aromatic N) is 2. The number of aromatic nitrogens is 2. The number of aliphatic hydroxyl groups excluding tert-OH is 1. The Morgan fingerprint density at radius 1 is 1.61 bits per heavy atom. The van der Waals surface area contributed by atoms with Gasteiger partial charge in [0.2, 0.25) is 5.88 Å². The molecule has 0 aliphatic heterocycles. The Balaban J connectivity index is 1.55. The predicted molar refractivity (Wildman–Crippen MR) is 70.8 cm³/mol. The molecule has 5 nitrogen and oxygen atoms in total. The molecular formula is C12H21N3O2S. The quantitative estimate of drug-likeness (QED) is 0.782. The van der Waals surface area contributed by atoms with Gasteiger partial charge in [-0.1, -0.05) is 19.8 Å². The Bertz CT molecular complexity index is 334. The van der Waals surface area contributed by atoms with Crippen LogP contribution in [-0.4, -0.2) is 39.7 Å². The van der Waals surface area contributed by atoms with Crippen LogP contribution in [0.2, 0.25) is 0 Å². The lowest BCUT2D eigenvalue weighted by molar-refractivity contribution is 0.103. The van der Waals surface area contributed by atoms with Crippen LogP contribution in [0.4, 0.5) is 0 Å². The van der Waals surface area contributed by atoms with Crippen LogP contribution in [-0.2, 0) is 0 Å². The smallest absolute Gasteiger partial charge is 0.245 e. The van der Waals surface area contributed by atoms with E-state index in [9.17, 15) is 5.11 Å². The number of rotatable bonds is 7. The lowest BCUT2D eigenvalue weighted by atomic mass is 9.98. The maximum atomic E-state index is 9.76. The van der Waals surface area contributed by atoms with Crippen molar-refractivity contribution in [3.63, 3.8) is 0 Å². The van der Waals surface area contributed by atoms with Crippen LogP contribution in [0.15, 0.2) is 6.20 Å². The summed E-state index contributed by atoms with van der Waals surface area (Å²) < 4.78 is 13.0. The highest BCUT2D eigenvalue weighted by atomic mass is 32.1. The van der Waals surface area contributed by atoms with Gasteiger partial charge in [0.1, 0.15) is 18.9 Å². The Kier molecular flexibility index (Phi) is 5.34. The van der Waals surface area contributed by atoms with E-state index in [-0.39, 0.29) is 6.61 Å². The molecule has 2 N–H and O–H groups in total. The van der Waals surface area contributed by atoms with Gasteiger partial charge in [-0.2, -0.15) is 4.37 Å². The first-order chi connectivity index (χ1) is 8.75. The van der Waals surface area contributed by atoms with E-state index < -0.39 is 6.10 Å². The molecule has 1 aromatic rings. The van der Waals surface area contributed by atoms with E-state index in [1.54, 1.807) is 6.20 Å². The zero-order valence-electron chi connectivity index (χ0n) is 10.7. The minimum Gasteiger partial charge on any atom is -0.473 e. The fourth-order valence-corrected chi connectivity index (χ4v) is 2.79. The minimum atomic E-state index is -0.497. The van der Waals surface area contributed by atoms with Crippen LogP contribution < -0.4 is 10.1 Å². The molecule has 3 unspecified atom stereocenters. The maximum absolute atomic E-state index is 9.76. The third-order valence-electron chi connectivity index (χ3n) is 3.59. The molecule has 0 spiro atoms. The van der Waals surface area contributed by atoms with Gasteiger partial charge >= 0.3 is 0 Å². The van der Waals surface area contributed by atoms with Gasteiger partial charge in [-0.05, 0) is 24.8 Å². The average Bonchev–Trinajstić information content (AvgIpc) is 2.99. The van der Waals surface area contributed by atoms with Gasteiger partial charge in [0.15, 0.2) is 0 Å². The van der Waals surface area contributed by atoms with Crippen molar-refractivity contribution >= 4 is 11.7 Å². The highest BCUT2D eigenvalue weighted by Crippen LogP contribution is 2.30. The largest absolute Gasteiger partial charge is 0.473 e. The van der Waals surface area contributed by atoms with Gasteiger partial charge in [-0.25, -0.2) is 0 Å². The highest BCUT2D eigenvalue weighted by Gasteiger charge is 2.22. The lowest BCUT2D eigenvalue weighted by Crippen LogP contribution is -2.34. The monoisotopic (exact) mass is 271 g/mol. The van der Waals surface area contributed by atoms with E-state index in [0.29, 0.717) is 12.4 Å². The van der Waals surface area contributed by atoms with E-state index in [4.69, 9.17) is 4.74 Å². The van der Waals surface area contributed by atoms with Crippen molar-refractivity contribution in [3.05, 3.63) is 6.20 Å². The van der Waals surface area contributed by atoms with Gasteiger partial charge in [0.25, 0.3) is 0 Å². The van der Waals surface area contributed by atoms with Crippen molar-refractivity contribution in [2.24, 2.45) is 11.8 Å². The Morgan fingerprint density at radius 3 is 3.17 bits per heavy atom. The first-order valence-corrected chi connectivity index (χ1v) is 7.28. The number of hydrogen-bond donors (Lipinski definition) is 2. The molecule has 1 aromatic heterocycles. The third-order valence-corrected chi connectivity index (χ3v) is 4.05. The summed E-state index contributed by atoms with van der Waals surface area (Å²) in [6, 6.07) is 0. The van der Waals surface area contributed by atoms with E-state index in [1.165, 1.54) is 19.3 Å². The summed E-state index contributed by atoms with van der Waals surface area (Å²) in [7, 11) is 0. The highest BCUT2D eigenvalue weighted by molar-refractivity contribution is 6.99. The molecule has 2 rings (SSSR count). The second kappa shape index (κ2) is 7.01. The second-order valence-electron chi connectivity index (χ2n) is 5.04. The van der Waals surface area contributed by atoms with E-state index >= 15 is 0 Å². The average molecular weight is 271 g/mol. The summed E-state index contributed by atoms with van der Waals surface area (Å²) in [5, 5.41) is 13.1. The molecule has 102 valence electrons. The standard InChI is InChI=1S/C12H21N3O2S/c1-9-3-2-4-10(9)5-13-6-11(16)8-17-12-7-14-18-15-12/h7,9-11,13,16H,2-6,8H2,1H3. The Labute approximate surface area is 112 Å². The molecule has 1 heterocycles. The molecule has 1 aliphatic carbocycles. The minimum absolute atomic E-state index is 0.263. The Morgan fingerprint density at radius 2 is 2.50 bits per heavy atom. The van der Waals surface area contributed by atoms with Gasteiger partial charge in [0, 0.05) is 6.54 Å². The van der Waals surface area contributed by atoms with Crippen LogP contribution in [0.1, 0.15) is 26.2 Å². The second-order valence-corrected chi connectivity index (χ2v) is 5.59. The predicted octanol–water partition coefficient (Wildman–Crippen LogP) is 1.30. The zero-order valence-corrected chi connectivity index (χ0v) is 11.5. The number of aliphatic hydroxyl groups is 1. The molecule has 18 heavy (non-hydrogen) atoms. The summed E-state index contributed by atoms with van der Waals surface area (Å²) >= 11 is 1.10. The summed E-state index contributed by atoms with van der Waals surface area (Å²) in [5.41, 5.74) is 0. The maximum Gasteiger partial charge on any atom is 0.245 e. The number of ether oxygens (including phenoxy) is 1. The third kappa shape index (κ3) is 4.19. The molecule has 3 atom stereocenters. The first kappa shape index (κ1) is 13.7. The Hall–Kier alpha value is -0.720. The van der Waals surface area contributed by atoms with Gasteiger partial charge in [-0.15, -0.1) is 4.37 Å². The van der Waals surface area contributed by atoms with Gasteiger partial charge in [-0.3, -0.25) is 0 Å². The van der Waals surface area contributed by atoms with Crippen LogP contribution in [0.25, 0.3) is 0 Å². The fraction of sp³-hybridized carbons (Fsp3) is 0.833. The van der Waals surface area contributed by atoms with Crippen LogP contribution >= 0.6 is 11.7 Å². The molecule has 1 saturated carbocycles. The fourth-order valence-electron chi connectivity index (χ4n) is 2.42. The molecule has 0 bridgehead atoms. The molecular weight excluding hydrogens is 250 g/mol. The van der Waals surface area contributed by atoms with Crippen molar-refractivity contribution in [1.82, 2.24) is 14.1 Å². The molecule has 1 fully saturated rings. The first-order valence-electron chi connectivity index (χ1n) is 6.55. The van der Waals surface area contributed by atoms with Crippen LogP contribution in [0.3, 0.4) is 0 Å². The summed E-state index contributed by atoms with van der Waals surface area (Å²) in [6.07, 6.45) is 5.06. The van der Waals surface area contributed by atoms with E-state index in [0.717, 1.165) is 30.1 Å². The lowest BCUT2D eigenvalue weighted by Gasteiger charge is -2.17. The molecule has 1 aliphatic rings. The van der Waals surface area contributed by atoms with Crippen molar-refractivity contribution in [3.8, 4) is 5.88 Å².